The lowest BCUT2D eigenvalue weighted by Crippen LogP contribution is -2.18. The summed E-state index contributed by atoms with van der Waals surface area (Å²) in [5.74, 6) is -0.355. The van der Waals surface area contributed by atoms with E-state index in [1.54, 1.807) is 23.5 Å². The number of thiophene rings is 1. The smallest absolute Gasteiger partial charge is 0.293 e. The molecule has 0 aliphatic carbocycles. The molecule has 21 heavy (non-hydrogen) atoms. The van der Waals surface area contributed by atoms with Gasteiger partial charge in [-0.2, -0.15) is 0 Å². The number of carbonyl (C=O) groups excluding carboxylic acids is 1. The number of nitro groups is 1. The van der Waals surface area contributed by atoms with Crippen LogP contribution in [-0.4, -0.2) is 17.9 Å². The molecule has 0 fully saturated rings. The molecule has 0 atom stereocenters. The quantitative estimate of drug-likeness (QED) is 0.624. The zero-order valence-corrected chi connectivity index (χ0v) is 13.5. The third-order valence-electron chi connectivity index (χ3n) is 2.77. The van der Waals surface area contributed by atoms with Gasteiger partial charge in [0.05, 0.1) is 8.71 Å². The van der Waals surface area contributed by atoms with Gasteiger partial charge in [0.2, 0.25) is 0 Å². The van der Waals surface area contributed by atoms with Crippen LogP contribution in [0.4, 0.5) is 11.4 Å². The molecule has 2 aromatic rings. The molecule has 0 saturated heterocycles. The predicted octanol–water partition coefficient (Wildman–Crippen LogP) is 3.39. The van der Waals surface area contributed by atoms with Crippen LogP contribution in [0.25, 0.3) is 0 Å². The summed E-state index contributed by atoms with van der Waals surface area (Å²) in [5.41, 5.74) is 0.525. The van der Waals surface area contributed by atoms with Crippen molar-refractivity contribution in [1.82, 2.24) is 5.32 Å². The second-order valence-electron chi connectivity index (χ2n) is 4.13. The molecule has 0 aliphatic heterocycles. The highest BCUT2D eigenvalue weighted by molar-refractivity contribution is 9.11. The summed E-state index contributed by atoms with van der Waals surface area (Å²) in [5, 5.41) is 16.6. The molecular weight excluding hydrogens is 358 g/mol. The first-order valence-electron chi connectivity index (χ1n) is 6.00. The summed E-state index contributed by atoms with van der Waals surface area (Å²) < 4.78 is 1.00. The van der Waals surface area contributed by atoms with Gasteiger partial charge >= 0.3 is 0 Å². The van der Waals surface area contributed by atoms with E-state index in [1.165, 1.54) is 13.1 Å². The number of halogens is 1. The van der Waals surface area contributed by atoms with Crippen molar-refractivity contribution in [2.75, 3.05) is 12.4 Å². The maximum atomic E-state index is 11.5. The van der Waals surface area contributed by atoms with Gasteiger partial charge in [0, 0.05) is 30.1 Å². The Morgan fingerprint density at radius 3 is 2.71 bits per heavy atom. The van der Waals surface area contributed by atoms with Crippen LogP contribution in [0.5, 0.6) is 0 Å². The highest BCUT2D eigenvalue weighted by Crippen LogP contribution is 2.28. The molecule has 0 saturated carbocycles. The summed E-state index contributed by atoms with van der Waals surface area (Å²) in [7, 11) is 1.48. The standard InChI is InChI=1S/C13H12BrN3O3S/c1-15-13(18)8-2-4-10(11(6-8)17(19)20)16-7-9-3-5-12(14)21-9/h2-6,16H,7H2,1H3,(H,15,18). The lowest BCUT2D eigenvalue weighted by Gasteiger charge is -2.07. The van der Waals surface area contributed by atoms with E-state index in [9.17, 15) is 14.9 Å². The van der Waals surface area contributed by atoms with E-state index in [2.05, 4.69) is 26.6 Å². The van der Waals surface area contributed by atoms with Gasteiger partial charge in [0.25, 0.3) is 11.6 Å². The van der Waals surface area contributed by atoms with Crippen molar-refractivity contribution in [3.05, 3.63) is 54.7 Å². The highest BCUT2D eigenvalue weighted by atomic mass is 79.9. The molecular formula is C13H12BrN3O3S. The molecule has 8 heteroatoms. The fourth-order valence-electron chi connectivity index (χ4n) is 1.75. The fraction of sp³-hybridized carbons (Fsp3) is 0.154. The number of amides is 1. The zero-order chi connectivity index (χ0) is 15.4. The van der Waals surface area contributed by atoms with E-state index in [0.717, 1.165) is 8.66 Å². The van der Waals surface area contributed by atoms with Crippen molar-refractivity contribution in [2.24, 2.45) is 0 Å². The Labute approximate surface area is 133 Å². The third kappa shape index (κ3) is 3.79. The first-order chi connectivity index (χ1) is 10.0. The van der Waals surface area contributed by atoms with Gasteiger partial charge in [-0.1, -0.05) is 0 Å². The van der Waals surface area contributed by atoms with Gasteiger partial charge in [-0.3, -0.25) is 14.9 Å². The third-order valence-corrected chi connectivity index (χ3v) is 4.39. The highest BCUT2D eigenvalue weighted by Gasteiger charge is 2.17. The van der Waals surface area contributed by atoms with Crippen molar-refractivity contribution >= 4 is 44.5 Å². The summed E-state index contributed by atoms with van der Waals surface area (Å²) in [6, 6.07) is 8.23. The van der Waals surface area contributed by atoms with Gasteiger partial charge in [-0.05, 0) is 40.2 Å². The van der Waals surface area contributed by atoms with Gasteiger partial charge in [0.15, 0.2) is 0 Å². The molecule has 0 spiro atoms. The van der Waals surface area contributed by atoms with Crippen molar-refractivity contribution < 1.29 is 9.72 Å². The Morgan fingerprint density at radius 2 is 2.14 bits per heavy atom. The number of nitrogens with one attached hydrogen (secondary N) is 2. The Kier molecular flexibility index (Phi) is 4.92. The molecule has 1 aromatic carbocycles. The van der Waals surface area contributed by atoms with E-state index in [4.69, 9.17) is 0 Å². The van der Waals surface area contributed by atoms with Gasteiger partial charge in [-0.25, -0.2) is 0 Å². The summed E-state index contributed by atoms with van der Waals surface area (Å²) in [6.45, 7) is 0.483. The van der Waals surface area contributed by atoms with E-state index in [0.29, 0.717) is 12.2 Å². The normalized spacial score (nSPS) is 10.2. The summed E-state index contributed by atoms with van der Waals surface area (Å²) >= 11 is 4.92. The van der Waals surface area contributed by atoms with Crippen LogP contribution in [0.15, 0.2) is 34.1 Å². The van der Waals surface area contributed by atoms with Crippen LogP contribution in [0.3, 0.4) is 0 Å². The maximum Gasteiger partial charge on any atom is 0.293 e. The molecule has 1 heterocycles. The topological polar surface area (TPSA) is 84.3 Å². The molecule has 1 aromatic heterocycles. The summed E-state index contributed by atoms with van der Waals surface area (Å²) in [4.78, 5) is 23.2. The number of nitrogens with zero attached hydrogens (tertiary/aromatic N) is 1. The minimum atomic E-state index is -0.501. The summed E-state index contributed by atoms with van der Waals surface area (Å²) in [6.07, 6.45) is 0. The average Bonchev–Trinajstić information content (AvgIpc) is 2.89. The van der Waals surface area contributed by atoms with Crippen LogP contribution in [0.1, 0.15) is 15.2 Å². The molecule has 1 amide bonds. The monoisotopic (exact) mass is 369 g/mol. The zero-order valence-electron chi connectivity index (χ0n) is 11.1. The van der Waals surface area contributed by atoms with Crippen molar-refractivity contribution in [3.8, 4) is 0 Å². The van der Waals surface area contributed by atoms with Crippen LogP contribution in [0.2, 0.25) is 0 Å². The Balaban J connectivity index is 2.22. The predicted molar refractivity (Wildman–Crippen MR) is 85.8 cm³/mol. The molecule has 6 nitrogen and oxygen atoms in total. The van der Waals surface area contributed by atoms with Crippen LogP contribution < -0.4 is 10.6 Å². The first kappa shape index (κ1) is 15.5. The Morgan fingerprint density at radius 1 is 1.38 bits per heavy atom. The number of hydrogen-bond acceptors (Lipinski definition) is 5. The first-order valence-corrected chi connectivity index (χ1v) is 7.61. The minimum absolute atomic E-state index is 0.119. The number of benzene rings is 1. The lowest BCUT2D eigenvalue weighted by molar-refractivity contribution is -0.384. The Bertz CT molecular complexity index is 687. The van der Waals surface area contributed by atoms with E-state index >= 15 is 0 Å². The largest absolute Gasteiger partial charge is 0.375 e. The lowest BCUT2D eigenvalue weighted by atomic mass is 10.1. The number of rotatable bonds is 5. The minimum Gasteiger partial charge on any atom is -0.375 e. The number of anilines is 1. The molecule has 0 radical (unpaired) electrons. The molecule has 0 unspecified atom stereocenters. The fourth-order valence-corrected chi connectivity index (χ4v) is 3.17. The molecule has 2 rings (SSSR count). The van der Waals surface area contributed by atoms with E-state index < -0.39 is 4.92 Å². The van der Waals surface area contributed by atoms with Gasteiger partial charge in [0.1, 0.15) is 5.69 Å². The van der Waals surface area contributed by atoms with Gasteiger partial charge in [-0.15, -0.1) is 11.3 Å². The Hall–Kier alpha value is -1.93. The van der Waals surface area contributed by atoms with Crippen molar-refractivity contribution in [2.45, 2.75) is 6.54 Å². The molecule has 0 bridgehead atoms. The van der Waals surface area contributed by atoms with Crippen LogP contribution in [-0.2, 0) is 6.54 Å². The SMILES string of the molecule is CNC(=O)c1ccc(NCc2ccc(Br)s2)c([N+](=O)[O-])c1. The van der Waals surface area contributed by atoms with Crippen LogP contribution in [0, 0.1) is 10.1 Å². The van der Waals surface area contributed by atoms with Crippen LogP contribution >= 0.6 is 27.3 Å². The maximum absolute atomic E-state index is 11.5. The van der Waals surface area contributed by atoms with Crippen molar-refractivity contribution in [1.29, 1.82) is 0 Å². The number of hydrogen-bond donors (Lipinski definition) is 2. The molecule has 110 valence electrons. The van der Waals surface area contributed by atoms with E-state index in [-0.39, 0.29) is 17.2 Å². The molecule has 0 aliphatic rings. The second kappa shape index (κ2) is 6.68. The van der Waals surface area contributed by atoms with E-state index in [1.807, 2.05) is 12.1 Å². The van der Waals surface area contributed by atoms with Gasteiger partial charge < -0.3 is 10.6 Å². The van der Waals surface area contributed by atoms with Crippen molar-refractivity contribution in [3.63, 3.8) is 0 Å². The second-order valence-corrected chi connectivity index (χ2v) is 6.68. The average molecular weight is 370 g/mol. The number of carbonyl (C=O) groups is 1. The number of nitro benzene ring substituents is 1. The molecule has 2 N–H and O–H groups in total.